The smallest absolute Gasteiger partial charge is 0.395 e. The molecule has 0 unspecified atom stereocenters. The summed E-state index contributed by atoms with van der Waals surface area (Å²) in [6, 6.07) is 5.61. The van der Waals surface area contributed by atoms with Gasteiger partial charge in [0.25, 0.3) is 0 Å². The number of nitrogens with zero attached hydrogens (tertiary/aromatic N) is 1. The predicted octanol–water partition coefficient (Wildman–Crippen LogP) is 5.00. The third-order valence-corrected chi connectivity index (χ3v) is 4.35. The van der Waals surface area contributed by atoms with E-state index in [0.29, 0.717) is 36.7 Å². The van der Waals surface area contributed by atoms with Gasteiger partial charge in [0, 0.05) is 36.2 Å². The number of anilines is 1. The molecule has 0 saturated carbocycles. The number of pyridine rings is 1. The van der Waals surface area contributed by atoms with Crippen LogP contribution in [0.2, 0.25) is 5.02 Å². The Hall–Kier alpha value is -2.67. The van der Waals surface area contributed by atoms with Gasteiger partial charge in [-0.3, -0.25) is 4.79 Å². The highest BCUT2D eigenvalue weighted by molar-refractivity contribution is 6.33. The summed E-state index contributed by atoms with van der Waals surface area (Å²) < 4.78 is 30.3. The molecule has 142 valence electrons. The van der Waals surface area contributed by atoms with Crippen molar-refractivity contribution in [3.63, 3.8) is 0 Å². The van der Waals surface area contributed by atoms with Crippen LogP contribution in [0.1, 0.15) is 19.8 Å². The number of nitrogens with one attached hydrogen (secondary N) is 1. The Morgan fingerprint density at radius 3 is 2.63 bits per heavy atom. The number of phenolic OH excluding ortho intramolecular Hbond substituents is 1. The lowest BCUT2D eigenvalue weighted by atomic mass is 10.1. The fraction of sp³-hybridized carbons (Fsp3) is 0.263. The first-order valence-corrected chi connectivity index (χ1v) is 8.62. The zero-order valence-electron chi connectivity index (χ0n) is 14.4. The van der Waals surface area contributed by atoms with Crippen LogP contribution in [0.15, 0.2) is 42.6 Å². The molecule has 2 aromatic rings. The first-order valence-electron chi connectivity index (χ1n) is 8.24. The molecule has 1 aliphatic rings. The van der Waals surface area contributed by atoms with Gasteiger partial charge in [0.05, 0.1) is 5.02 Å². The van der Waals surface area contributed by atoms with Gasteiger partial charge in [0.15, 0.2) is 11.5 Å². The van der Waals surface area contributed by atoms with Gasteiger partial charge in [0.2, 0.25) is 5.91 Å². The van der Waals surface area contributed by atoms with E-state index in [9.17, 15) is 18.7 Å². The first-order chi connectivity index (χ1) is 12.7. The van der Waals surface area contributed by atoms with Gasteiger partial charge in [-0.15, -0.1) is 0 Å². The maximum atomic E-state index is 13.0. The van der Waals surface area contributed by atoms with Crippen molar-refractivity contribution in [3.05, 3.63) is 47.6 Å². The quantitative estimate of drug-likeness (QED) is 0.700. The molecule has 0 bridgehead atoms. The zero-order valence-corrected chi connectivity index (χ0v) is 15.1. The minimum atomic E-state index is -3.45. The molecule has 1 aromatic carbocycles. The summed E-state index contributed by atoms with van der Waals surface area (Å²) in [5, 5.41) is 12.8. The van der Waals surface area contributed by atoms with Crippen LogP contribution in [-0.4, -0.2) is 22.1 Å². The van der Waals surface area contributed by atoms with Gasteiger partial charge in [-0.1, -0.05) is 23.8 Å². The van der Waals surface area contributed by atoms with E-state index in [4.69, 9.17) is 11.6 Å². The molecule has 0 radical (unpaired) electrons. The highest BCUT2D eigenvalue weighted by Crippen LogP contribution is 2.39. The molecular formula is C19H17ClF2N2O3. The molecule has 1 heterocycles. The summed E-state index contributed by atoms with van der Waals surface area (Å²) in [4.78, 5) is 16.3. The van der Waals surface area contributed by atoms with Crippen LogP contribution in [0.25, 0.3) is 11.1 Å². The van der Waals surface area contributed by atoms with Crippen LogP contribution in [0.3, 0.4) is 0 Å². The number of ether oxygens (including phenoxy) is 1. The molecule has 1 aromatic heterocycles. The second-order valence-corrected chi connectivity index (χ2v) is 6.68. The van der Waals surface area contributed by atoms with Crippen molar-refractivity contribution in [2.45, 2.75) is 25.9 Å². The van der Waals surface area contributed by atoms with Crippen molar-refractivity contribution in [3.8, 4) is 22.6 Å². The Balaban J connectivity index is 1.76. The van der Waals surface area contributed by atoms with E-state index in [1.54, 1.807) is 12.1 Å². The third kappa shape index (κ3) is 4.74. The van der Waals surface area contributed by atoms with Gasteiger partial charge >= 0.3 is 6.11 Å². The standard InChI is InChI=1S/C19H17ClF2N2O3/c1-19(21,22)27-16-9-14(20)13(8-15(16)25)12-6-7-17(23-10-12)24-18(26)11-4-2-3-5-11/h2-3,6-11,25H,4-5H2,1H3,(H,23,24,26). The normalized spacial score (nSPS) is 14.4. The van der Waals surface area contributed by atoms with Gasteiger partial charge in [0.1, 0.15) is 5.82 Å². The van der Waals surface area contributed by atoms with Crippen molar-refractivity contribution >= 4 is 23.3 Å². The van der Waals surface area contributed by atoms with Crippen molar-refractivity contribution in [2.75, 3.05) is 5.32 Å². The summed E-state index contributed by atoms with van der Waals surface area (Å²) in [6.45, 7) is 0.562. The number of phenols is 1. The molecule has 8 heteroatoms. The fourth-order valence-corrected chi connectivity index (χ4v) is 2.99. The number of halogens is 3. The highest BCUT2D eigenvalue weighted by atomic mass is 35.5. The molecular weight excluding hydrogens is 378 g/mol. The number of aromatic nitrogens is 1. The summed E-state index contributed by atoms with van der Waals surface area (Å²) >= 11 is 6.13. The Labute approximate surface area is 159 Å². The number of rotatable bonds is 5. The van der Waals surface area contributed by atoms with Crippen LogP contribution in [-0.2, 0) is 4.79 Å². The van der Waals surface area contributed by atoms with Crippen LogP contribution in [0, 0.1) is 5.92 Å². The average molecular weight is 395 g/mol. The Kier molecular flexibility index (Phi) is 5.32. The first kappa shape index (κ1) is 19.1. The van der Waals surface area contributed by atoms with Gasteiger partial charge in [-0.05, 0) is 31.0 Å². The number of allylic oxidation sites excluding steroid dienone is 2. The van der Waals surface area contributed by atoms with Gasteiger partial charge < -0.3 is 15.2 Å². The number of alkyl halides is 2. The van der Waals surface area contributed by atoms with E-state index in [0.717, 1.165) is 6.07 Å². The lowest BCUT2D eigenvalue weighted by Gasteiger charge is -2.16. The predicted molar refractivity (Wildman–Crippen MR) is 98.1 cm³/mol. The monoisotopic (exact) mass is 394 g/mol. The molecule has 0 aliphatic heterocycles. The Bertz CT molecular complexity index is 872. The summed E-state index contributed by atoms with van der Waals surface area (Å²) in [6.07, 6.45) is 3.39. The number of hydrogen-bond donors (Lipinski definition) is 2. The van der Waals surface area contributed by atoms with E-state index in [1.807, 2.05) is 12.2 Å². The third-order valence-electron chi connectivity index (χ3n) is 4.04. The average Bonchev–Trinajstić information content (AvgIpc) is 3.12. The second-order valence-electron chi connectivity index (χ2n) is 6.27. The summed E-state index contributed by atoms with van der Waals surface area (Å²) in [5.41, 5.74) is 0.942. The van der Waals surface area contributed by atoms with Crippen LogP contribution in [0.5, 0.6) is 11.5 Å². The van der Waals surface area contributed by atoms with Gasteiger partial charge in [-0.2, -0.15) is 8.78 Å². The molecule has 1 amide bonds. The molecule has 0 spiro atoms. The highest BCUT2D eigenvalue weighted by Gasteiger charge is 2.26. The van der Waals surface area contributed by atoms with E-state index in [1.165, 1.54) is 12.3 Å². The van der Waals surface area contributed by atoms with Crippen molar-refractivity contribution in [1.29, 1.82) is 0 Å². The van der Waals surface area contributed by atoms with Gasteiger partial charge in [-0.25, -0.2) is 4.98 Å². The number of aromatic hydroxyl groups is 1. The Morgan fingerprint density at radius 1 is 1.33 bits per heavy atom. The molecule has 27 heavy (non-hydrogen) atoms. The van der Waals surface area contributed by atoms with Crippen molar-refractivity contribution < 1.29 is 23.4 Å². The number of hydrogen-bond acceptors (Lipinski definition) is 4. The fourth-order valence-electron chi connectivity index (χ4n) is 2.73. The number of amides is 1. The van der Waals surface area contributed by atoms with Crippen LogP contribution >= 0.6 is 11.6 Å². The SMILES string of the molecule is CC(F)(F)Oc1cc(Cl)c(-c2ccc(NC(=O)C3CC=CC3)nc2)cc1O. The minimum Gasteiger partial charge on any atom is -0.504 e. The molecule has 3 rings (SSSR count). The number of benzene rings is 1. The lowest BCUT2D eigenvalue weighted by Crippen LogP contribution is -2.21. The Morgan fingerprint density at radius 2 is 2.04 bits per heavy atom. The number of carbonyl (C=O) groups excluding carboxylic acids is 1. The maximum absolute atomic E-state index is 13.0. The van der Waals surface area contributed by atoms with E-state index in [-0.39, 0.29) is 16.8 Å². The molecule has 2 N–H and O–H groups in total. The van der Waals surface area contributed by atoms with Crippen molar-refractivity contribution in [2.24, 2.45) is 5.92 Å². The van der Waals surface area contributed by atoms with E-state index >= 15 is 0 Å². The van der Waals surface area contributed by atoms with Crippen molar-refractivity contribution in [1.82, 2.24) is 4.98 Å². The molecule has 5 nitrogen and oxygen atoms in total. The van der Waals surface area contributed by atoms with Crippen LogP contribution < -0.4 is 10.1 Å². The molecule has 1 aliphatic carbocycles. The van der Waals surface area contributed by atoms with Crippen LogP contribution in [0.4, 0.5) is 14.6 Å². The van der Waals surface area contributed by atoms with E-state index < -0.39 is 17.6 Å². The maximum Gasteiger partial charge on any atom is 0.395 e. The summed E-state index contributed by atoms with van der Waals surface area (Å²) in [7, 11) is 0. The molecule has 0 atom stereocenters. The largest absolute Gasteiger partial charge is 0.504 e. The second kappa shape index (κ2) is 7.52. The molecule has 0 fully saturated rings. The topological polar surface area (TPSA) is 71.5 Å². The lowest BCUT2D eigenvalue weighted by molar-refractivity contribution is -0.159. The minimum absolute atomic E-state index is 0.0814. The zero-order chi connectivity index (χ0) is 19.6. The molecule has 0 saturated heterocycles. The number of carbonyl (C=O) groups is 1. The van der Waals surface area contributed by atoms with E-state index in [2.05, 4.69) is 15.0 Å². The summed E-state index contributed by atoms with van der Waals surface area (Å²) in [5.74, 6) is -0.679.